The number of rotatable bonds is 6. The van der Waals surface area contributed by atoms with Gasteiger partial charge in [0, 0.05) is 18.0 Å². The van der Waals surface area contributed by atoms with Crippen molar-refractivity contribution >= 4 is 39.2 Å². The highest BCUT2D eigenvalue weighted by Gasteiger charge is 2.23. The lowest BCUT2D eigenvalue weighted by molar-refractivity contribution is -0.120. The van der Waals surface area contributed by atoms with Crippen LogP contribution in [0.4, 0.5) is 0 Å². The summed E-state index contributed by atoms with van der Waals surface area (Å²) < 4.78 is 1.72. The van der Waals surface area contributed by atoms with Gasteiger partial charge in [-0.3, -0.25) is 14.2 Å². The highest BCUT2D eigenvalue weighted by Crippen LogP contribution is 2.35. The molecule has 0 fully saturated rings. The van der Waals surface area contributed by atoms with Crippen molar-refractivity contribution in [1.82, 2.24) is 14.9 Å². The average molecular weight is 380 g/mol. The Kier molecular flexibility index (Phi) is 5.84. The largest absolute Gasteiger partial charge is 0.355 e. The predicted octanol–water partition coefficient (Wildman–Crippen LogP) is 3.36. The van der Waals surface area contributed by atoms with Crippen molar-refractivity contribution in [2.24, 2.45) is 0 Å². The van der Waals surface area contributed by atoms with Crippen LogP contribution in [-0.2, 0) is 24.2 Å². The van der Waals surface area contributed by atoms with Crippen molar-refractivity contribution in [1.29, 1.82) is 0 Å². The molecular formula is C18H25N3O2S2. The highest BCUT2D eigenvalue weighted by atomic mass is 32.2. The standard InChI is InChI=1S/C18H25N3O2S2/c1-4-10-19-15(22)11(3)24-18-20-16-14(17(23)21(18)5-2)12-8-6-7-9-13(12)25-16/h11H,4-10H2,1-3H3,(H,19,22)/t11-/m1/s1. The zero-order valence-electron chi connectivity index (χ0n) is 15.1. The van der Waals surface area contributed by atoms with Crippen LogP contribution < -0.4 is 10.9 Å². The number of amides is 1. The first kappa shape index (κ1) is 18.5. The molecule has 0 aromatic carbocycles. The summed E-state index contributed by atoms with van der Waals surface area (Å²) in [6.07, 6.45) is 5.29. The Morgan fingerprint density at radius 3 is 2.84 bits per heavy atom. The van der Waals surface area contributed by atoms with Crippen molar-refractivity contribution in [3.8, 4) is 0 Å². The van der Waals surface area contributed by atoms with Crippen LogP contribution in [0, 0.1) is 0 Å². The van der Waals surface area contributed by atoms with Gasteiger partial charge in [-0.2, -0.15) is 0 Å². The van der Waals surface area contributed by atoms with Crippen LogP contribution >= 0.6 is 23.1 Å². The number of nitrogens with one attached hydrogen (secondary N) is 1. The van der Waals surface area contributed by atoms with Gasteiger partial charge in [-0.05, 0) is 51.5 Å². The van der Waals surface area contributed by atoms with Crippen LogP contribution in [0.5, 0.6) is 0 Å². The number of nitrogens with zero attached hydrogens (tertiary/aromatic N) is 2. The number of aromatic nitrogens is 2. The minimum atomic E-state index is -0.275. The average Bonchev–Trinajstić information content (AvgIpc) is 2.98. The van der Waals surface area contributed by atoms with Crippen molar-refractivity contribution in [3.63, 3.8) is 0 Å². The van der Waals surface area contributed by atoms with E-state index in [-0.39, 0.29) is 16.7 Å². The van der Waals surface area contributed by atoms with E-state index in [1.807, 2.05) is 20.8 Å². The molecule has 2 aromatic heterocycles. The molecule has 1 atom stereocenters. The first-order valence-corrected chi connectivity index (χ1v) is 10.8. The molecule has 1 amide bonds. The number of hydrogen-bond donors (Lipinski definition) is 1. The minimum Gasteiger partial charge on any atom is -0.355 e. The lowest BCUT2D eigenvalue weighted by Gasteiger charge is -2.15. The maximum absolute atomic E-state index is 13.1. The smallest absolute Gasteiger partial charge is 0.263 e. The molecule has 0 spiro atoms. The Morgan fingerprint density at radius 1 is 1.36 bits per heavy atom. The summed E-state index contributed by atoms with van der Waals surface area (Å²) in [6, 6.07) is 0. The Balaban J connectivity index is 1.98. The molecule has 1 aliphatic rings. The van der Waals surface area contributed by atoms with Gasteiger partial charge in [0.1, 0.15) is 4.83 Å². The molecule has 136 valence electrons. The summed E-state index contributed by atoms with van der Waals surface area (Å²) in [7, 11) is 0. The molecule has 1 N–H and O–H groups in total. The lowest BCUT2D eigenvalue weighted by atomic mass is 9.97. The quantitative estimate of drug-likeness (QED) is 0.617. The number of thioether (sulfide) groups is 1. The van der Waals surface area contributed by atoms with E-state index >= 15 is 0 Å². The van der Waals surface area contributed by atoms with E-state index in [0.717, 1.165) is 35.9 Å². The van der Waals surface area contributed by atoms with Crippen LogP contribution in [0.1, 0.15) is 50.5 Å². The number of carbonyl (C=O) groups excluding carboxylic acids is 1. The van der Waals surface area contributed by atoms with E-state index in [2.05, 4.69) is 5.32 Å². The van der Waals surface area contributed by atoms with Crippen molar-refractivity contribution < 1.29 is 4.79 Å². The van der Waals surface area contributed by atoms with Crippen LogP contribution in [-0.4, -0.2) is 27.3 Å². The molecule has 5 nitrogen and oxygen atoms in total. The second kappa shape index (κ2) is 7.91. The summed E-state index contributed by atoms with van der Waals surface area (Å²) in [6.45, 7) is 7.10. The fraction of sp³-hybridized carbons (Fsp3) is 0.611. The third kappa shape index (κ3) is 3.62. The minimum absolute atomic E-state index is 0.00526. The molecule has 2 heterocycles. The predicted molar refractivity (Wildman–Crippen MR) is 105 cm³/mol. The van der Waals surface area contributed by atoms with E-state index in [1.165, 1.54) is 28.6 Å². The fourth-order valence-corrected chi connectivity index (χ4v) is 5.49. The third-order valence-corrected chi connectivity index (χ3v) is 6.83. The molecule has 7 heteroatoms. The Labute approximate surface area is 156 Å². The number of hydrogen-bond acceptors (Lipinski definition) is 5. The second-order valence-corrected chi connectivity index (χ2v) is 8.78. The molecule has 0 unspecified atom stereocenters. The zero-order chi connectivity index (χ0) is 18.0. The van der Waals surface area contributed by atoms with E-state index < -0.39 is 0 Å². The first-order chi connectivity index (χ1) is 12.1. The molecule has 2 aromatic rings. The summed E-state index contributed by atoms with van der Waals surface area (Å²) in [5.41, 5.74) is 1.27. The molecule has 0 radical (unpaired) electrons. The van der Waals surface area contributed by atoms with Gasteiger partial charge in [0.15, 0.2) is 5.16 Å². The summed E-state index contributed by atoms with van der Waals surface area (Å²) >= 11 is 3.03. The maximum atomic E-state index is 13.1. The highest BCUT2D eigenvalue weighted by molar-refractivity contribution is 8.00. The maximum Gasteiger partial charge on any atom is 0.263 e. The molecule has 1 aliphatic carbocycles. The summed E-state index contributed by atoms with van der Waals surface area (Å²) in [5.74, 6) is -0.00526. The normalized spacial score (nSPS) is 15.2. The monoisotopic (exact) mass is 379 g/mol. The molecule has 3 rings (SSSR count). The molecule has 0 bridgehead atoms. The lowest BCUT2D eigenvalue weighted by Crippen LogP contribution is -2.32. The van der Waals surface area contributed by atoms with Gasteiger partial charge in [-0.25, -0.2) is 4.98 Å². The van der Waals surface area contributed by atoms with E-state index in [9.17, 15) is 9.59 Å². The summed E-state index contributed by atoms with van der Waals surface area (Å²) in [5, 5.41) is 4.10. The van der Waals surface area contributed by atoms with Gasteiger partial charge in [0.25, 0.3) is 5.56 Å². The Hall–Kier alpha value is -1.34. The number of carbonyl (C=O) groups is 1. The van der Waals surface area contributed by atoms with Crippen LogP contribution in [0.15, 0.2) is 9.95 Å². The SMILES string of the molecule is CCCNC(=O)[C@@H](C)Sc1nc2sc3c(c2c(=O)n1CC)CCCC3. The molecular weight excluding hydrogens is 354 g/mol. The van der Waals surface area contributed by atoms with Crippen molar-refractivity contribution in [2.45, 2.75) is 69.8 Å². The van der Waals surface area contributed by atoms with Crippen molar-refractivity contribution in [3.05, 3.63) is 20.8 Å². The van der Waals surface area contributed by atoms with Gasteiger partial charge in [0.05, 0.1) is 10.6 Å². The molecule has 0 aliphatic heterocycles. The second-order valence-electron chi connectivity index (χ2n) is 6.39. The molecule has 25 heavy (non-hydrogen) atoms. The van der Waals surface area contributed by atoms with Gasteiger partial charge in [0.2, 0.25) is 5.91 Å². The number of thiophene rings is 1. The topological polar surface area (TPSA) is 64.0 Å². The van der Waals surface area contributed by atoms with Gasteiger partial charge in [-0.15, -0.1) is 11.3 Å². The first-order valence-electron chi connectivity index (χ1n) is 9.06. The Morgan fingerprint density at radius 2 is 2.12 bits per heavy atom. The van der Waals surface area contributed by atoms with Crippen LogP contribution in [0.3, 0.4) is 0 Å². The molecule has 0 saturated heterocycles. The van der Waals surface area contributed by atoms with Crippen LogP contribution in [0.25, 0.3) is 10.2 Å². The van der Waals surface area contributed by atoms with Crippen LogP contribution in [0.2, 0.25) is 0 Å². The zero-order valence-corrected chi connectivity index (χ0v) is 16.7. The number of aryl methyl sites for hydroxylation is 2. The third-order valence-electron chi connectivity index (χ3n) is 4.56. The Bertz CT molecular complexity index is 841. The van der Waals surface area contributed by atoms with E-state index in [0.29, 0.717) is 18.2 Å². The van der Waals surface area contributed by atoms with Crippen molar-refractivity contribution in [2.75, 3.05) is 6.54 Å². The number of fused-ring (bicyclic) bond motifs is 3. The van der Waals surface area contributed by atoms with E-state index in [1.54, 1.807) is 15.9 Å². The van der Waals surface area contributed by atoms with Gasteiger partial charge < -0.3 is 5.32 Å². The fourth-order valence-electron chi connectivity index (χ4n) is 3.19. The van der Waals surface area contributed by atoms with Gasteiger partial charge in [-0.1, -0.05) is 18.7 Å². The van der Waals surface area contributed by atoms with E-state index in [4.69, 9.17) is 4.98 Å². The molecule has 0 saturated carbocycles. The summed E-state index contributed by atoms with van der Waals surface area (Å²) in [4.78, 5) is 32.2. The van der Waals surface area contributed by atoms with Gasteiger partial charge >= 0.3 is 0 Å².